The van der Waals surface area contributed by atoms with Gasteiger partial charge in [-0.25, -0.2) is 0 Å². The maximum absolute atomic E-state index is 12.1. The van der Waals surface area contributed by atoms with Crippen LogP contribution in [0.5, 0.6) is 5.75 Å². The van der Waals surface area contributed by atoms with Crippen molar-refractivity contribution in [3.05, 3.63) is 29.8 Å². The van der Waals surface area contributed by atoms with Crippen molar-refractivity contribution in [2.45, 2.75) is 25.7 Å². The number of nitrogens with two attached hydrogens (primary N) is 1. The van der Waals surface area contributed by atoms with Crippen LogP contribution in [-0.2, 0) is 4.74 Å². The molecule has 2 atom stereocenters. The first-order valence-corrected chi connectivity index (χ1v) is 6.70. The zero-order valence-electron chi connectivity index (χ0n) is 11.5. The lowest BCUT2D eigenvalue weighted by Crippen LogP contribution is -2.45. The predicted octanol–water partition coefficient (Wildman–Crippen LogP) is 2.01. The topological polar surface area (TPSA) is 47.7 Å². The Morgan fingerprint density at radius 3 is 2.65 bits per heavy atom. The van der Waals surface area contributed by atoms with E-state index >= 15 is 0 Å². The Hall–Kier alpha value is -1.24. The van der Waals surface area contributed by atoms with Gasteiger partial charge < -0.3 is 15.2 Å². The maximum Gasteiger partial charge on any atom is 0.387 e. The van der Waals surface area contributed by atoms with Crippen LogP contribution in [0.4, 0.5) is 8.78 Å². The quantitative estimate of drug-likeness (QED) is 0.899. The lowest BCUT2D eigenvalue weighted by Gasteiger charge is -2.37. The number of ether oxygens (including phenoxy) is 2. The summed E-state index contributed by atoms with van der Waals surface area (Å²) in [6.07, 6.45) is 0.180. The van der Waals surface area contributed by atoms with Gasteiger partial charge in [-0.15, -0.1) is 0 Å². The van der Waals surface area contributed by atoms with Crippen molar-refractivity contribution >= 4 is 0 Å². The van der Waals surface area contributed by atoms with E-state index in [1.165, 1.54) is 0 Å². The molecule has 0 aromatic heterocycles. The van der Waals surface area contributed by atoms with E-state index in [0.29, 0.717) is 13.2 Å². The third-order valence-corrected chi connectivity index (χ3v) is 3.43. The molecule has 2 N–H and O–H groups in total. The molecular formula is C14H20F2N2O2. The van der Waals surface area contributed by atoms with Gasteiger partial charge in [0.15, 0.2) is 0 Å². The summed E-state index contributed by atoms with van der Waals surface area (Å²) in [5, 5.41) is 0. The summed E-state index contributed by atoms with van der Waals surface area (Å²) >= 11 is 0. The fraction of sp³-hybridized carbons (Fsp3) is 0.571. The maximum atomic E-state index is 12.1. The van der Waals surface area contributed by atoms with Gasteiger partial charge in [0.2, 0.25) is 0 Å². The molecule has 0 saturated carbocycles. The first-order valence-electron chi connectivity index (χ1n) is 6.70. The molecule has 112 valence electrons. The van der Waals surface area contributed by atoms with E-state index in [9.17, 15) is 8.78 Å². The molecule has 1 saturated heterocycles. The number of halogens is 2. The summed E-state index contributed by atoms with van der Waals surface area (Å²) in [7, 11) is 0. The summed E-state index contributed by atoms with van der Waals surface area (Å²) in [5.41, 5.74) is 6.87. The molecule has 1 heterocycles. The third-order valence-electron chi connectivity index (χ3n) is 3.43. The molecule has 6 heteroatoms. The molecule has 1 aliphatic heterocycles. The van der Waals surface area contributed by atoms with Gasteiger partial charge in [0, 0.05) is 25.7 Å². The van der Waals surface area contributed by atoms with E-state index in [1.807, 2.05) is 6.92 Å². The van der Waals surface area contributed by atoms with Crippen molar-refractivity contribution in [2.75, 3.05) is 26.2 Å². The Balaban J connectivity index is 2.07. The van der Waals surface area contributed by atoms with Crippen LogP contribution in [0.2, 0.25) is 0 Å². The minimum Gasteiger partial charge on any atom is -0.435 e. The molecule has 20 heavy (non-hydrogen) atoms. The van der Waals surface area contributed by atoms with Crippen LogP contribution in [0, 0.1) is 0 Å². The Morgan fingerprint density at radius 1 is 1.40 bits per heavy atom. The normalized spacial score (nSPS) is 21.9. The number of hydrogen-bond acceptors (Lipinski definition) is 4. The van der Waals surface area contributed by atoms with Gasteiger partial charge in [0.25, 0.3) is 0 Å². The molecule has 1 fully saturated rings. The Labute approximate surface area is 117 Å². The van der Waals surface area contributed by atoms with Crippen LogP contribution in [0.15, 0.2) is 24.3 Å². The molecule has 2 unspecified atom stereocenters. The van der Waals surface area contributed by atoms with Gasteiger partial charge in [0.1, 0.15) is 5.75 Å². The molecule has 2 rings (SSSR count). The van der Waals surface area contributed by atoms with E-state index < -0.39 is 6.61 Å². The average molecular weight is 286 g/mol. The summed E-state index contributed by atoms with van der Waals surface area (Å²) < 4.78 is 34.1. The molecule has 0 spiro atoms. The molecule has 0 bridgehead atoms. The number of nitrogens with zero attached hydrogens (tertiary/aromatic N) is 1. The number of hydrogen-bond donors (Lipinski definition) is 1. The zero-order chi connectivity index (χ0) is 14.5. The Morgan fingerprint density at radius 2 is 2.10 bits per heavy atom. The number of alkyl halides is 2. The standard InChI is InChI=1S/C14H20F2N2O2/c1-10-9-18(6-7-19-10)13(8-17)11-2-4-12(5-3-11)20-14(15)16/h2-5,10,13-14H,6-9,17H2,1H3. The molecule has 1 aliphatic rings. The Kier molecular flexibility index (Phi) is 5.28. The molecule has 4 nitrogen and oxygen atoms in total. The van der Waals surface area contributed by atoms with Crippen molar-refractivity contribution in [3.63, 3.8) is 0 Å². The molecular weight excluding hydrogens is 266 g/mol. The lowest BCUT2D eigenvalue weighted by atomic mass is 10.0. The number of morpholine rings is 1. The molecule has 0 aliphatic carbocycles. The molecule has 1 aromatic carbocycles. The highest BCUT2D eigenvalue weighted by atomic mass is 19.3. The van der Waals surface area contributed by atoms with E-state index in [4.69, 9.17) is 10.5 Å². The lowest BCUT2D eigenvalue weighted by molar-refractivity contribution is -0.0499. The smallest absolute Gasteiger partial charge is 0.387 e. The third kappa shape index (κ3) is 3.88. The van der Waals surface area contributed by atoms with Crippen LogP contribution in [0.25, 0.3) is 0 Å². The average Bonchev–Trinajstić information content (AvgIpc) is 2.41. The highest BCUT2D eigenvalue weighted by Crippen LogP contribution is 2.24. The minimum absolute atomic E-state index is 0.0712. The highest BCUT2D eigenvalue weighted by Gasteiger charge is 2.24. The molecule has 1 aromatic rings. The fourth-order valence-electron chi connectivity index (χ4n) is 2.50. The first kappa shape index (κ1) is 15.2. The summed E-state index contributed by atoms with van der Waals surface area (Å²) in [5.74, 6) is 0.162. The van der Waals surface area contributed by atoms with Crippen molar-refractivity contribution in [2.24, 2.45) is 5.73 Å². The van der Waals surface area contributed by atoms with Gasteiger partial charge in [-0.05, 0) is 24.6 Å². The monoisotopic (exact) mass is 286 g/mol. The van der Waals surface area contributed by atoms with Gasteiger partial charge in [-0.1, -0.05) is 12.1 Å². The minimum atomic E-state index is -2.80. The van der Waals surface area contributed by atoms with Gasteiger partial charge >= 0.3 is 6.61 Å². The van der Waals surface area contributed by atoms with E-state index in [2.05, 4.69) is 9.64 Å². The fourth-order valence-corrected chi connectivity index (χ4v) is 2.50. The zero-order valence-corrected chi connectivity index (χ0v) is 11.5. The summed E-state index contributed by atoms with van der Waals surface area (Å²) in [6, 6.07) is 6.74. The van der Waals surface area contributed by atoms with Crippen molar-refractivity contribution in [3.8, 4) is 5.75 Å². The van der Waals surface area contributed by atoms with Crippen LogP contribution < -0.4 is 10.5 Å². The molecule has 0 amide bonds. The van der Waals surface area contributed by atoms with Crippen molar-refractivity contribution < 1.29 is 18.3 Å². The summed E-state index contributed by atoms with van der Waals surface area (Å²) in [6.45, 7) is 2.02. The first-order chi connectivity index (χ1) is 9.60. The largest absolute Gasteiger partial charge is 0.435 e. The van der Waals surface area contributed by atoms with Gasteiger partial charge in [-0.3, -0.25) is 4.90 Å². The summed E-state index contributed by atoms with van der Waals surface area (Å²) in [4.78, 5) is 2.26. The van der Waals surface area contributed by atoms with E-state index in [1.54, 1.807) is 24.3 Å². The van der Waals surface area contributed by atoms with E-state index in [0.717, 1.165) is 18.7 Å². The van der Waals surface area contributed by atoms with Crippen molar-refractivity contribution in [1.82, 2.24) is 4.90 Å². The number of rotatable bonds is 5. The van der Waals surface area contributed by atoms with Crippen molar-refractivity contribution in [1.29, 1.82) is 0 Å². The number of benzene rings is 1. The van der Waals surface area contributed by atoms with Crippen LogP contribution in [0.1, 0.15) is 18.5 Å². The van der Waals surface area contributed by atoms with Crippen LogP contribution in [0.3, 0.4) is 0 Å². The second-order valence-electron chi connectivity index (χ2n) is 4.88. The second kappa shape index (κ2) is 6.97. The van der Waals surface area contributed by atoms with Crippen LogP contribution >= 0.6 is 0 Å². The predicted molar refractivity (Wildman–Crippen MR) is 71.9 cm³/mol. The molecule has 0 radical (unpaired) electrons. The van der Waals surface area contributed by atoms with Gasteiger partial charge in [0.05, 0.1) is 12.7 Å². The SMILES string of the molecule is CC1CN(C(CN)c2ccc(OC(F)F)cc2)CCO1. The highest BCUT2D eigenvalue weighted by molar-refractivity contribution is 5.29. The second-order valence-corrected chi connectivity index (χ2v) is 4.88. The Bertz CT molecular complexity index is 414. The van der Waals surface area contributed by atoms with Gasteiger partial charge in [-0.2, -0.15) is 8.78 Å². The van der Waals surface area contributed by atoms with E-state index in [-0.39, 0.29) is 17.9 Å². The van der Waals surface area contributed by atoms with Crippen LogP contribution in [-0.4, -0.2) is 43.9 Å².